The van der Waals surface area contributed by atoms with Gasteiger partial charge in [-0.2, -0.15) is 0 Å². The molecule has 0 unspecified atom stereocenters. The summed E-state index contributed by atoms with van der Waals surface area (Å²) in [6.07, 6.45) is -1.34. The first-order valence-corrected chi connectivity index (χ1v) is 4.89. The maximum Gasteiger partial charge on any atom is 0.269 e. The van der Waals surface area contributed by atoms with Crippen LogP contribution in [0.5, 0.6) is 5.88 Å². The van der Waals surface area contributed by atoms with E-state index >= 15 is 0 Å². The Bertz CT molecular complexity index is 333. The van der Waals surface area contributed by atoms with Gasteiger partial charge in [-0.25, -0.2) is 13.8 Å². The van der Waals surface area contributed by atoms with Gasteiger partial charge in [-0.15, -0.1) is 0 Å². The molecule has 1 rings (SSSR count). The molecule has 0 aromatic carbocycles. The molecule has 0 aliphatic rings. The second kappa shape index (κ2) is 4.54. The van der Waals surface area contributed by atoms with Crippen LogP contribution in [0.1, 0.15) is 17.6 Å². The van der Waals surface area contributed by atoms with Crippen LogP contribution in [-0.4, -0.2) is 12.1 Å². The average Bonchev–Trinajstić information content (AvgIpc) is 2.17. The summed E-state index contributed by atoms with van der Waals surface area (Å²) in [6, 6.07) is 0. The number of methoxy groups -OCH3 is 1. The lowest BCUT2D eigenvalue weighted by atomic mass is 10.1. The van der Waals surface area contributed by atoms with Gasteiger partial charge in [-0.1, -0.05) is 15.9 Å². The molecule has 1 heterocycles. The minimum absolute atomic E-state index is 0.0800. The number of rotatable bonds is 3. The fourth-order valence-electron chi connectivity index (χ4n) is 1.10. The number of nitrogens with two attached hydrogens (primary N) is 1. The Balaban J connectivity index is 3.36. The summed E-state index contributed by atoms with van der Waals surface area (Å²) in [5.74, 6) is -0.0800. The molecule has 78 valence electrons. The predicted molar refractivity (Wildman–Crippen MR) is 52.8 cm³/mol. The zero-order valence-corrected chi connectivity index (χ0v) is 9.01. The van der Waals surface area contributed by atoms with Gasteiger partial charge < -0.3 is 10.5 Å². The summed E-state index contributed by atoms with van der Waals surface area (Å²) in [4.78, 5) is 3.68. The van der Waals surface area contributed by atoms with Crippen molar-refractivity contribution in [3.63, 3.8) is 0 Å². The van der Waals surface area contributed by atoms with Crippen LogP contribution >= 0.6 is 15.9 Å². The van der Waals surface area contributed by atoms with E-state index in [1.54, 1.807) is 0 Å². The third-order valence-corrected chi connectivity index (χ3v) is 2.33. The molecule has 0 fully saturated rings. The monoisotopic (exact) mass is 266 g/mol. The number of halogens is 3. The SMILES string of the molecule is COc1ncc(N)c(CBr)c1C(F)F. The van der Waals surface area contributed by atoms with Crippen molar-refractivity contribution in [2.24, 2.45) is 0 Å². The Kier molecular flexibility index (Phi) is 3.62. The number of hydrogen-bond donors (Lipinski definition) is 1. The molecule has 2 N–H and O–H groups in total. The van der Waals surface area contributed by atoms with E-state index in [4.69, 9.17) is 10.5 Å². The van der Waals surface area contributed by atoms with E-state index < -0.39 is 6.43 Å². The highest BCUT2D eigenvalue weighted by molar-refractivity contribution is 9.08. The van der Waals surface area contributed by atoms with Crippen LogP contribution in [0.15, 0.2) is 6.20 Å². The second-order valence-corrected chi connectivity index (χ2v) is 3.11. The number of pyridine rings is 1. The van der Waals surface area contributed by atoms with Crippen molar-refractivity contribution in [1.29, 1.82) is 0 Å². The van der Waals surface area contributed by atoms with Gasteiger partial charge in [-0.3, -0.25) is 0 Å². The molecule has 0 bridgehead atoms. The highest BCUT2D eigenvalue weighted by Crippen LogP contribution is 2.34. The average molecular weight is 267 g/mol. The van der Waals surface area contributed by atoms with E-state index in [1.165, 1.54) is 13.3 Å². The Morgan fingerprint density at radius 2 is 2.29 bits per heavy atom. The number of nitrogens with zero attached hydrogens (tertiary/aromatic N) is 1. The maximum absolute atomic E-state index is 12.6. The van der Waals surface area contributed by atoms with Crippen molar-refractivity contribution in [3.05, 3.63) is 17.3 Å². The molecule has 0 aliphatic heterocycles. The lowest BCUT2D eigenvalue weighted by Crippen LogP contribution is -2.04. The Labute approximate surface area is 88.4 Å². The van der Waals surface area contributed by atoms with Crippen molar-refractivity contribution in [1.82, 2.24) is 4.98 Å². The molecule has 0 saturated heterocycles. The van der Waals surface area contributed by atoms with E-state index in [-0.39, 0.29) is 22.5 Å². The molecule has 0 atom stereocenters. The van der Waals surface area contributed by atoms with Gasteiger partial charge in [0.25, 0.3) is 6.43 Å². The van der Waals surface area contributed by atoms with Crippen molar-refractivity contribution in [2.45, 2.75) is 11.8 Å². The van der Waals surface area contributed by atoms with E-state index in [0.29, 0.717) is 5.56 Å². The van der Waals surface area contributed by atoms with Crippen molar-refractivity contribution < 1.29 is 13.5 Å². The van der Waals surface area contributed by atoms with Crippen LogP contribution in [0.25, 0.3) is 0 Å². The highest BCUT2D eigenvalue weighted by atomic mass is 79.9. The minimum atomic E-state index is -2.64. The minimum Gasteiger partial charge on any atom is -0.481 e. The molecule has 0 amide bonds. The van der Waals surface area contributed by atoms with Crippen LogP contribution in [0, 0.1) is 0 Å². The molecule has 1 aromatic rings. The third kappa shape index (κ3) is 1.95. The zero-order valence-electron chi connectivity index (χ0n) is 7.43. The van der Waals surface area contributed by atoms with Gasteiger partial charge in [0.05, 0.1) is 24.6 Å². The number of aromatic nitrogens is 1. The van der Waals surface area contributed by atoms with Crippen LogP contribution in [0.4, 0.5) is 14.5 Å². The molecule has 1 aromatic heterocycles. The molecule has 0 spiro atoms. The molecule has 3 nitrogen and oxygen atoms in total. The zero-order chi connectivity index (χ0) is 10.7. The fraction of sp³-hybridized carbons (Fsp3) is 0.375. The molecule has 0 aliphatic carbocycles. The predicted octanol–water partition coefficient (Wildman–Crippen LogP) is 2.50. The van der Waals surface area contributed by atoms with Crippen LogP contribution < -0.4 is 10.5 Å². The Morgan fingerprint density at radius 3 is 2.71 bits per heavy atom. The summed E-state index contributed by atoms with van der Waals surface area (Å²) in [6.45, 7) is 0. The topological polar surface area (TPSA) is 48.1 Å². The van der Waals surface area contributed by atoms with Crippen LogP contribution in [0.3, 0.4) is 0 Å². The van der Waals surface area contributed by atoms with E-state index in [0.717, 1.165) is 0 Å². The van der Waals surface area contributed by atoms with Crippen LogP contribution in [-0.2, 0) is 5.33 Å². The van der Waals surface area contributed by atoms with Crippen molar-refractivity contribution in [2.75, 3.05) is 12.8 Å². The molecular weight excluding hydrogens is 258 g/mol. The largest absolute Gasteiger partial charge is 0.481 e. The third-order valence-electron chi connectivity index (χ3n) is 1.77. The van der Waals surface area contributed by atoms with Gasteiger partial charge in [-0.05, 0) is 0 Å². The first kappa shape index (κ1) is 11.2. The molecule has 0 saturated carbocycles. The Hall–Kier alpha value is -0.910. The fourth-order valence-corrected chi connectivity index (χ4v) is 1.72. The quantitative estimate of drug-likeness (QED) is 0.856. The molecule has 6 heteroatoms. The van der Waals surface area contributed by atoms with E-state index in [9.17, 15) is 8.78 Å². The Morgan fingerprint density at radius 1 is 1.64 bits per heavy atom. The molecule has 14 heavy (non-hydrogen) atoms. The van der Waals surface area contributed by atoms with Gasteiger partial charge in [0.15, 0.2) is 0 Å². The first-order chi connectivity index (χ1) is 6.61. The van der Waals surface area contributed by atoms with Crippen LogP contribution in [0.2, 0.25) is 0 Å². The summed E-state index contributed by atoms with van der Waals surface area (Å²) < 4.78 is 30.0. The number of anilines is 1. The van der Waals surface area contributed by atoms with Crippen molar-refractivity contribution >= 4 is 21.6 Å². The van der Waals surface area contributed by atoms with Gasteiger partial charge >= 0.3 is 0 Å². The normalized spacial score (nSPS) is 10.6. The highest BCUT2D eigenvalue weighted by Gasteiger charge is 2.21. The molecular formula is C8H9BrF2N2O. The van der Waals surface area contributed by atoms with Gasteiger partial charge in [0.2, 0.25) is 5.88 Å². The lowest BCUT2D eigenvalue weighted by Gasteiger charge is -2.12. The number of ether oxygens (including phenoxy) is 1. The van der Waals surface area contributed by atoms with E-state index in [1.807, 2.05) is 0 Å². The summed E-state index contributed by atoms with van der Waals surface area (Å²) in [7, 11) is 1.29. The summed E-state index contributed by atoms with van der Waals surface area (Å²) in [5.41, 5.74) is 5.83. The summed E-state index contributed by atoms with van der Waals surface area (Å²) >= 11 is 3.09. The van der Waals surface area contributed by atoms with Gasteiger partial charge in [0.1, 0.15) is 0 Å². The second-order valence-electron chi connectivity index (χ2n) is 2.55. The van der Waals surface area contributed by atoms with Crippen molar-refractivity contribution in [3.8, 4) is 5.88 Å². The first-order valence-electron chi connectivity index (χ1n) is 3.77. The standard InChI is InChI=1S/C8H9BrF2N2O/c1-14-8-6(7(10)11)4(2-9)5(12)3-13-8/h3,7H,2,12H2,1H3. The summed E-state index contributed by atoms with van der Waals surface area (Å²) in [5, 5.41) is 0.247. The van der Waals surface area contributed by atoms with E-state index in [2.05, 4.69) is 20.9 Å². The number of alkyl halides is 3. The number of nitrogen functional groups attached to an aromatic ring is 1. The molecule has 0 radical (unpaired) electrons. The van der Waals surface area contributed by atoms with Gasteiger partial charge in [0, 0.05) is 10.9 Å². The smallest absolute Gasteiger partial charge is 0.269 e. The number of hydrogen-bond acceptors (Lipinski definition) is 3. The maximum atomic E-state index is 12.6. The lowest BCUT2D eigenvalue weighted by molar-refractivity contribution is 0.145.